The van der Waals surface area contributed by atoms with Gasteiger partial charge in [0.15, 0.2) is 0 Å². The van der Waals surface area contributed by atoms with Gasteiger partial charge in [0, 0.05) is 91.0 Å². The van der Waals surface area contributed by atoms with E-state index < -0.39 is 0 Å². The predicted molar refractivity (Wildman–Crippen MR) is 242 cm³/mol. The summed E-state index contributed by atoms with van der Waals surface area (Å²) in [5.41, 5.74) is 15.5. The zero-order valence-electron chi connectivity index (χ0n) is 28.9. The molecule has 0 spiro atoms. The molecule has 0 fully saturated rings. The van der Waals surface area contributed by atoms with E-state index in [4.69, 9.17) is 0 Å². The van der Waals surface area contributed by atoms with Gasteiger partial charge in [-0.1, -0.05) is 92.9 Å². The molecule has 1 heterocycles. The number of anilines is 3. The molecule has 6 heteroatoms. The second kappa shape index (κ2) is 13.8. The Labute approximate surface area is 333 Å². The second-order valence-electron chi connectivity index (χ2n) is 13.6. The molecule has 51 heavy (non-hydrogen) atoms. The van der Waals surface area contributed by atoms with Crippen molar-refractivity contribution in [3.8, 4) is 16.8 Å². The summed E-state index contributed by atoms with van der Waals surface area (Å²) in [6.07, 6.45) is 6.46. The number of hydrogen-bond donors (Lipinski definition) is 0. The van der Waals surface area contributed by atoms with Crippen LogP contribution in [0.5, 0.6) is 0 Å². The van der Waals surface area contributed by atoms with Crippen molar-refractivity contribution in [1.29, 1.82) is 0 Å². The fourth-order valence-corrected chi connectivity index (χ4v) is 10.1. The van der Waals surface area contributed by atoms with Crippen LogP contribution in [0.15, 0.2) is 138 Å². The number of para-hydroxylation sites is 1. The lowest BCUT2D eigenvalue weighted by Crippen LogP contribution is -2.18. The number of fused-ring (bicyclic) bond motifs is 6. The van der Waals surface area contributed by atoms with E-state index in [1.54, 1.807) is 17.9 Å². The van der Waals surface area contributed by atoms with Gasteiger partial charge in [-0.05, 0) is 126 Å². The first-order valence-corrected chi connectivity index (χ1v) is 23.7. The van der Waals surface area contributed by atoms with E-state index in [9.17, 15) is 0 Å². The third-order valence-electron chi connectivity index (χ3n) is 10.2. The molecular weight excluding hydrogens is 886 g/mol. The summed E-state index contributed by atoms with van der Waals surface area (Å²) in [5, 5.41) is 2.57. The fraction of sp³-hybridized carbons (Fsp3) is 0.111. The predicted octanol–water partition coefficient (Wildman–Crippen LogP) is 15.4. The first kappa shape index (κ1) is 34.6. The van der Waals surface area contributed by atoms with Gasteiger partial charge in [-0.25, -0.2) is 0 Å². The van der Waals surface area contributed by atoms with Gasteiger partial charge in [-0.2, -0.15) is 0 Å². The summed E-state index contributed by atoms with van der Waals surface area (Å²) >= 11 is 4.77. The Morgan fingerprint density at radius 2 is 1.37 bits per heavy atom. The van der Waals surface area contributed by atoms with E-state index in [1.807, 2.05) is 0 Å². The van der Waals surface area contributed by atoms with E-state index in [0.29, 0.717) is 0 Å². The lowest BCUT2D eigenvalue weighted by molar-refractivity contribution is 0.660. The molecule has 0 radical (unpaired) electrons. The maximum atomic E-state index is 4.43. The molecule has 0 saturated carbocycles. The molecule has 0 unspecified atom stereocenters. The van der Waals surface area contributed by atoms with Gasteiger partial charge < -0.3 is 9.47 Å². The lowest BCUT2D eigenvalue weighted by Gasteiger charge is -2.31. The summed E-state index contributed by atoms with van der Waals surface area (Å²) in [7, 11) is 3.53. The molecule has 1 aliphatic rings. The van der Waals surface area contributed by atoms with Crippen molar-refractivity contribution in [3.63, 3.8) is 0 Å². The van der Waals surface area contributed by atoms with E-state index in [1.165, 1.54) is 76.2 Å². The van der Waals surface area contributed by atoms with Gasteiger partial charge in [-0.3, -0.25) is 0 Å². The molecule has 0 aliphatic heterocycles. The summed E-state index contributed by atoms with van der Waals surface area (Å²) in [5.74, 6) is 0. The number of rotatable bonds is 8. The molecule has 0 N–H and O–H groups in total. The maximum Gasteiger partial charge on any atom is 0.0543 e. The van der Waals surface area contributed by atoms with Gasteiger partial charge in [-0.15, -0.1) is 0 Å². The zero-order valence-corrected chi connectivity index (χ0v) is 34.8. The van der Waals surface area contributed by atoms with E-state index >= 15 is 0 Å². The van der Waals surface area contributed by atoms with Crippen LogP contribution >= 0.6 is 60.3 Å². The first-order valence-electron chi connectivity index (χ1n) is 17.0. The van der Waals surface area contributed by atoms with Crippen LogP contribution in [0.1, 0.15) is 48.6 Å². The molecule has 8 rings (SSSR count). The van der Waals surface area contributed by atoms with Crippen LogP contribution < -0.4 is 4.90 Å². The number of allylic oxidation sites excluding steroid dienone is 1. The molecule has 252 valence electrons. The minimum Gasteiger partial charge on any atom is -0.310 e. The Balaban J connectivity index is 1.38. The highest BCUT2D eigenvalue weighted by Crippen LogP contribution is 2.55. The molecule has 1 aromatic heterocycles. The van der Waals surface area contributed by atoms with Crippen LogP contribution in [0.25, 0.3) is 50.8 Å². The number of nitrogens with zero attached hydrogens (tertiary/aromatic N) is 2. The molecular formula is C45H36I2N2S2. The minimum absolute atomic E-state index is 0.259. The Kier molecular flexibility index (Phi) is 9.40. The normalized spacial score (nSPS) is 13.2. The maximum absolute atomic E-state index is 4.43. The Morgan fingerprint density at radius 3 is 1.98 bits per heavy atom. The molecule has 7 aromatic rings. The van der Waals surface area contributed by atoms with E-state index in [2.05, 4.69) is 220 Å². The van der Waals surface area contributed by atoms with Gasteiger partial charge >= 0.3 is 0 Å². The monoisotopic (exact) mass is 922 g/mol. The smallest absolute Gasteiger partial charge is 0.0543 e. The van der Waals surface area contributed by atoms with Crippen molar-refractivity contribution in [2.75, 3.05) is 4.90 Å². The number of hydrogen-bond acceptors (Lipinski definition) is 3. The Bertz CT molecular complexity index is 2470. The standard InChI is InChI=1S/C45H36I2N2S2/c1-6-12-35-34(7-2)44-36-20-17-31(49-41-21-18-32(50-46)25-37(41)38-26-33(51-47)19-22-42(38)49)24-39(36)45(4,5)40(44)27-43(35)48(29-14-9-8-10-15-29)30-16-11-13-28(3)23-30/h6-27H,2H2,1,3-5H3/b12-6-. The van der Waals surface area contributed by atoms with Gasteiger partial charge in [0.2, 0.25) is 0 Å². The van der Waals surface area contributed by atoms with Crippen LogP contribution in [0.4, 0.5) is 17.1 Å². The van der Waals surface area contributed by atoms with Crippen molar-refractivity contribution in [2.45, 2.75) is 42.9 Å². The minimum atomic E-state index is -0.259. The van der Waals surface area contributed by atoms with Crippen LogP contribution in [0.2, 0.25) is 0 Å². The van der Waals surface area contributed by atoms with Crippen LogP contribution in [-0.4, -0.2) is 4.57 Å². The Hall–Kier alpha value is -3.44. The summed E-state index contributed by atoms with van der Waals surface area (Å²) in [4.78, 5) is 4.93. The number of halogens is 2. The molecule has 0 atom stereocenters. The topological polar surface area (TPSA) is 8.17 Å². The largest absolute Gasteiger partial charge is 0.310 e. The van der Waals surface area contributed by atoms with Crippen LogP contribution in [0, 0.1) is 6.92 Å². The van der Waals surface area contributed by atoms with Gasteiger partial charge in [0.05, 0.1) is 16.7 Å². The molecule has 0 amide bonds. The SMILES string of the molecule is C=Cc1c(/C=C\C)c(N(c2ccccc2)c2cccc(C)c2)cc2c1-c1ccc(-n3c4ccc(SI)cc4c4cc(SI)ccc43)cc1C2(C)C. The third kappa shape index (κ3) is 5.77. The number of aromatic nitrogens is 1. The highest BCUT2D eigenvalue weighted by atomic mass is 127. The summed E-state index contributed by atoms with van der Waals surface area (Å²) in [6, 6.07) is 42.8. The highest BCUT2D eigenvalue weighted by molar-refractivity contribution is 14.2. The van der Waals surface area contributed by atoms with E-state index in [-0.39, 0.29) is 5.41 Å². The van der Waals surface area contributed by atoms with Gasteiger partial charge in [0.1, 0.15) is 0 Å². The molecule has 6 aromatic carbocycles. The van der Waals surface area contributed by atoms with Gasteiger partial charge in [0.25, 0.3) is 0 Å². The summed E-state index contributed by atoms with van der Waals surface area (Å²) in [6.45, 7) is 13.5. The average Bonchev–Trinajstić information content (AvgIpc) is 3.59. The zero-order chi connectivity index (χ0) is 35.4. The quantitative estimate of drug-likeness (QED) is 0.140. The van der Waals surface area contributed by atoms with Crippen molar-refractivity contribution in [1.82, 2.24) is 4.57 Å². The molecule has 2 nitrogen and oxygen atoms in total. The fourth-order valence-electron chi connectivity index (χ4n) is 7.90. The number of benzene rings is 6. The summed E-state index contributed by atoms with van der Waals surface area (Å²) < 4.78 is 2.45. The van der Waals surface area contributed by atoms with Crippen molar-refractivity contribution >= 4 is 111 Å². The van der Waals surface area contributed by atoms with Crippen molar-refractivity contribution in [3.05, 3.63) is 156 Å². The molecule has 0 bridgehead atoms. The van der Waals surface area contributed by atoms with Crippen molar-refractivity contribution < 1.29 is 0 Å². The van der Waals surface area contributed by atoms with Crippen LogP contribution in [0.3, 0.4) is 0 Å². The molecule has 1 aliphatic carbocycles. The average molecular weight is 923 g/mol. The Morgan fingerprint density at radius 1 is 0.706 bits per heavy atom. The second-order valence-corrected chi connectivity index (χ2v) is 17.5. The lowest BCUT2D eigenvalue weighted by atomic mass is 9.81. The van der Waals surface area contributed by atoms with Crippen LogP contribution in [-0.2, 0) is 5.41 Å². The third-order valence-corrected chi connectivity index (χ3v) is 14.1. The van der Waals surface area contributed by atoms with E-state index in [0.717, 1.165) is 17.1 Å². The molecule has 0 saturated heterocycles. The number of aryl methyl sites for hydroxylation is 1. The highest BCUT2D eigenvalue weighted by Gasteiger charge is 2.39. The van der Waals surface area contributed by atoms with Crippen molar-refractivity contribution in [2.24, 2.45) is 0 Å². The first-order chi connectivity index (χ1) is 24.8.